The first-order valence-electron chi connectivity index (χ1n) is 14.4. The molecule has 1 aromatic heterocycles. The summed E-state index contributed by atoms with van der Waals surface area (Å²) >= 11 is 0. The molecule has 0 atom stereocenters. The van der Waals surface area contributed by atoms with Gasteiger partial charge in [0.05, 0.1) is 17.7 Å². The number of unbranched alkanes of at least 4 members (excludes halogenated alkanes) is 2. The van der Waals surface area contributed by atoms with E-state index in [0.717, 1.165) is 51.7 Å². The Morgan fingerprint density at radius 1 is 0.881 bits per heavy atom. The molecule has 9 heteroatoms. The minimum Gasteiger partial charge on any atom is -0.464 e. The van der Waals surface area contributed by atoms with Crippen molar-refractivity contribution in [1.82, 2.24) is 14.5 Å². The van der Waals surface area contributed by atoms with Crippen molar-refractivity contribution in [2.75, 3.05) is 26.7 Å². The average Bonchev–Trinajstić information content (AvgIpc) is 3.37. The number of rotatable bonds is 11. The van der Waals surface area contributed by atoms with Crippen LogP contribution in [0.4, 0.5) is 5.69 Å². The van der Waals surface area contributed by atoms with Gasteiger partial charge in [0.1, 0.15) is 0 Å². The zero-order chi connectivity index (χ0) is 29.5. The third-order valence-electron chi connectivity index (χ3n) is 8.44. The maximum Gasteiger partial charge on any atom is 0.356 e. The summed E-state index contributed by atoms with van der Waals surface area (Å²) in [5.74, 6) is -0.661. The van der Waals surface area contributed by atoms with Gasteiger partial charge in [-0.05, 0) is 68.6 Å². The quantitative estimate of drug-likeness (QED) is 0.106. The number of ether oxygens (including phenoxy) is 1. The third-order valence-corrected chi connectivity index (χ3v) is 8.44. The van der Waals surface area contributed by atoms with Crippen LogP contribution in [0.2, 0.25) is 0 Å². The summed E-state index contributed by atoms with van der Waals surface area (Å²) in [7, 11) is 1.25. The lowest BCUT2D eigenvalue weighted by atomic mass is 9.68. The first-order valence-corrected chi connectivity index (χ1v) is 14.4. The summed E-state index contributed by atoms with van der Waals surface area (Å²) in [4.78, 5) is 41.0. The highest BCUT2D eigenvalue weighted by molar-refractivity contribution is 5.94. The molecule has 1 saturated heterocycles. The van der Waals surface area contributed by atoms with Crippen molar-refractivity contribution in [2.45, 2.75) is 44.1 Å². The number of esters is 1. The molecule has 0 unspecified atom stereocenters. The number of nitro groups is 1. The van der Waals surface area contributed by atoms with Gasteiger partial charge in [0, 0.05) is 29.7 Å². The van der Waals surface area contributed by atoms with Gasteiger partial charge >= 0.3 is 11.7 Å². The Labute approximate surface area is 244 Å². The van der Waals surface area contributed by atoms with Crippen molar-refractivity contribution < 1.29 is 14.5 Å². The van der Waals surface area contributed by atoms with Gasteiger partial charge < -0.3 is 9.64 Å². The molecule has 218 valence electrons. The number of benzene rings is 3. The summed E-state index contributed by atoms with van der Waals surface area (Å²) < 4.78 is 6.40. The van der Waals surface area contributed by atoms with Gasteiger partial charge in [0.2, 0.25) is 0 Å². The molecule has 5 rings (SSSR count). The van der Waals surface area contributed by atoms with Crippen molar-refractivity contribution in [2.24, 2.45) is 0 Å². The van der Waals surface area contributed by atoms with Crippen LogP contribution in [0.15, 0.2) is 89.7 Å². The van der Waals surface area contributed by atoms with Crippen molar-refractivity contribution in [3.05, 3.63) is 122 Å². The Balaban J connectivity index is 1.20. The van der Waals surface area contributed by atoms with E-state index in [1.807, 2.05) is 0 Å². The number of carbonyl (C=O) groups excluding carboxylic acids is 1. The lowest BCUT2D eigenvalue weighted by Crippen LogP contribution is -2.43. The van der Waals surface area contributed by atoms with Crippen LogP contribution in [-0.4, -0.2) is 52.1 Å². The number of nitrogens with one attached hydrogen (secondary N) is 1. The highest BCUT2D eigenvalue weighted by atomic mass is 16.6. The number of hydrogen-bond acceptors (Lipinski definition) is 6. The van der Waals surface area contributed by atoms with E-state index in [9.17, 15) is 19.7 Å². The summed E-state index contributed by atoms with van der Waals surface area (Å²) in [6.45, 7) is 3.45. The van der Waals surface area contributed by atoms with Crippen LogP contribution in [0, 0.1) is 10.1 Å². The molecular formula is C33H36N4O5. The van der Waals surface area contributed by atoms with Crippen LogP contribution in [0.1, 0.15) is 53.7 Å². The number of nitro benzene ring substituents is 1. The van der Waals surface area contributed by atoms with Crippen LogP contribution in [-0.2, 0) is 16.7 Å². The van der Waals surface area contributed by atoms with Gasteiger partial charge in [0.25, 0.3) is 5.69 Å². The minimum absolute atomic E-state index is 0.0279. The highest BCUT2D eigenvalue weighted by Crippen LogP contribution is 2.41. The summed E-state index contributed by atoms with van der Waals surface area (Å²) in [5, 5.41) is 11.1. The van der Waals surface area contributed by atoms with Gasteiger partial charge in [-0.2, -0.15) is 0 Å². The number of methoxy groups -OCH3 is 1. The predicted molar refractivity (Wildman–Crippen MR) is 162 cm³/mol. The van der Waals surface area contributed by atoms with Gasteiger partial charge in [-0.1, -0.05) is 67.1 Å². The smallest absolute Gasteiger partial charge is 0.356 e. The molecule has 0 bridgehead atoms. The van der Waals surface area contributed by atoms with E-state index in [2.05, 4.69) is 70.5 Å². The van der Waals surface area contributed by atoms with Crippen molar-refractivity contribution in [1.29, 1.82) is 0 Å². The predicted octanol–water partition coefficient (Wildman–Crippen LogP) is 5.79. The van der Waals surface area contributed by atoms with Crippen LogP contribution in [0.25, 0.3) is 11.3 Å². The molecule has 0 saturated carbocycles. The number of non-ortho nitro benzene ring substituents is 1. The molecule has 0 amide bonds. The molecule has 2 heterocycles. The largest absolute Gasteiger partial charge is 0.464 e. The molecule has 42 heavy (non-hydrogen) atoms. The minimum atomic E-state index is -0.661. The van der Waals surface area contributed by atoms with E-state index in [4.69, 9.17) is 4.74 Å². The van der Waals surface area contributed by atoms with E-state index in [0.29, 0.717) is 17.8 Å². The molecule has 9 nitrogen and oxygen atoms in total. The fourth-order valence-electron chi connectivity index (χ4n) is 6.17. The van der Waals surface area contributed by atoms with Crippen molar-refractivity contribution in [3.8, 4) is 11.3 Å². The van der Waals surface area contributed by atoms with Gasteiger partial charge in [-0.25, -0.2) is 9.59 Å². The van der Waals surface area contributed by atoms with Gasteiger partial charge in [0.15, 0.2) is 5.69 Å². The molecule has 4 aromatic rings. The number of likely N-dealkylation sites (tertiary alicyclic amines) is 1. The van der Waals surface area contributed by atoms with Crippen molar-refractivity contribution in [3.63, 3.8) is 0 Å². The Kier molecular flexibility index (Phi) is 8.97. The zero-order valence-electron chi connectivity index (χ0n) is 23.8. The van der Waals surface area contributed by atoms with E-state index in [-0.39, 0.29) is 16.8 Å². The Bertz CT molecular complexity index is 1510. The Hall–Kier alpha value is -4.50. The molecule has 0 radical (unpaired) electrons. The molecule has 3 aromatic carbocycles. The van der Waals surface area contributed by atoms with E-state index in [1.54, 1.807) is 12.1 Å². The number of piperidine rings is 1. The number of carbonyl (C=O) groups is 1. The Morgan fingerprint density at radius 2 is 1.45 bits per heavy atom. The number of hydrogen-bond donors (Lipinski definition) is 1. The normalized spacial score (nSPS) is 14.9. The summed E-state index contributed by atoms with van der Waals surface area (Å²) in [6.07, 6.45) is 4.80. The number of imidazole rings is 1. The van der Waals surface area contributed by atoms with E-state index in [1.165, 1.54) is 34.9 Å². The zero-order valence-corrected chi connectivity index (χ0v) is 23.8. The molecular weight excluding hydrogens is 532 g/mol. The molecule has 1 N–H and O–H groups in total. The lowest BCUT2D eigenvalue weighted by molar-refractivity contribution is -0.384. The van der Waals surface area contributed by atoms with E-state index < -0.39 is 16.6 Å². The van der Waals surface area contributed by atoms with Crippen LogP contribution in [0.5, 0.6) is 0 Å². The van der Waals surface area contributed by atoms with Crippen LogP contribution < -0.4 is 5.69 Å². The average molecular weight is 569 g/mol. The molecule has 1 aliphatic rings. The second-order valence-corrected chi connectivity index (χ2v) is 10.8. The third kappa shape index (κ3) is 6.06. The SMILES string of the molecule is COC(=O)c1[nH]c(=O)n(CCCCCN2CCC(c3ccccc3)(c3ccccc3)CC2)c1-c1ccc([N+](=O)[O-])cc1. The highest BCUT2D eigenvalue weighted by Gasteiger charge is 2.37. The fraction of sp³-hybridized carbons (Fsp3) is 0.333. The lowest BCUT2D eigenvalue weighted by Gasteiger charge is -2.43. The standard InChI is InChI=1S/C33H36N4O5/c1-42-31(38)29-30(25-15-17-28(18-16-25)37(40)41)36(32(39)34-29)22-10-4-9-21-35-23-19-33(20-24-35,26-11-5-2-6-12-26)27-13-7-3-8-14-27/h2-3,5-8,11-18H,4,9-10,19-24H2,1H3,(H,34,39). The molecule has 0 spiro atoms. The maximum atomic E-state index is 12.8. The number of aromatic amines is 1. The molecule has 1 fully saturated rings. The number of nitrogens with zero attached hydrogens (tertiary/aromatic N) is 3. The second-order valence-electron chi connectivity index (χ2n) is 10.8. The van der Waals surface area contributed by atoms with Gasteiger partial charge in [-0.3, -0.25) is 19.7 Å². The first kappa shape index (κ1) is 29.0. The first-order chi connectivity index (χ1) is 20.4. The van der Waals surface area contributed by atoms with Gasteiger partial charge in [-0.15, -0.1) is 0 Å². The second kappa shape index (κ2) is 13.0. The van der Waals surface area contributed by atoms with Crippen molar-refractivity contribution >= 4 is 11.7 Å². The summed E-state index contributed by atoms with van der Waals surface area (Å²) in [5.41, 5.74) is 3.28. The number of H-pyrrole nitrogens is 1. The van der Waals surface area contributed by atoms with Crippen LogP contribution >= 0.6 is 0 Å². The number of aromatic nitrogens is 2. The van der Waals surface area contributed by atoms with Crippen LogP contribution in [0.3, 0.4) is 0 Å². The Morgan fingerprint density at radius 3 is 2.00 bits per heavy atom. The van der Waals surface area contributed by atoms with E-state index >= 15 is 0 Å². The monoisotopic (exact) mass is 568 g/mol. The molecule has 1 aliphatic heterocycles. The topological polar surface area (TPSA) is 110 Å². The molecule has 0 aliphatic carbocycles. The fourth-order valence-corrected chi connectivity index (χ4v) is 6.17. The maximum absolute atomic E-state index is 12.8. The summed E-state index contributed by atoms with van der Waals surface area (Å²) in [6, 6.07) is 27.5.